The van der Waals surface area contributed by atoms with E-state index < -0.39 is 0 Å². The summed E-state index contributed by atoms with van der Waals surface area (Å²) in [6, 6.07) is 12.0. The maximum Gasteiger partial charge on any atom is 0.228 e. The zero-order valence-corrected chi connectivity index (χ0v) is 13.1. The van der Waals surface area contributed by atoms with Crippen LogP contribution in [-0.2, 0) is 9.53 Å². The highest BCUT2D eigenvalue weighted by Crippen LogP contribution is 2.38. The maximum absolute atomic E-state index is 12.8. The van der Waals surface area contributed by atoms with Gasteiger partial charge >= 0.3 is 0 Å². The molecule has 0 unspecified atom stereocenters. The molecule has 0 radical (unpaired) electrons. The third kappa shape index (κ3) is 2.65. The third-order valence-electron chi connectivity index (χ3n) is 4.79. The average molecular weight is 312 g/mol. The van der Waals surface area contributed by atoms with Crippen molar-refractivity contribution < 1.29 is 14.1 Å². The van der Waals surface area contributed by atoms with Gasteiger partial charge in [0.25, 0.3) is 0 Å². The van der Waals surface area contributed by atoms with Crippen molar-refractivity contribution in [3.8, 4) is 0 Å². The number of nitrogens with zero attached hydrogens (tertiary/aromatic N) is 2. The first-order chi connectivity index (χ1) is 11.2. The van der Waals surface area contributed by atoms with Gasteiger partial charge in [-0.25, -0.2) is 0 Å². The van der Waals surface area contributed by atoms with Crippen LogP contribution in [0.1, 0.15) is 35.5 Å². The summed E-state index contributed by atoms with van der Waals surface area (Å²) in [5.41, 5.74) is 2.04. The Morgan fingerprint density at radius 3 is 2.74 bits per heavy atom. The summed E-state index contributed by atoms with van der Waals surface area (Å²) in [6.45, 7) is 3.99. The molecular weight excluding hydrogens is 292 g/mol. The first-order valence-electron chi connectivity index (χ1n) is 8.11. The smallest absolute Gasteiger partial charge is 0.228 e. The second kappa shape index (κ2) is 5.81. The van der Waals surface area contributed by atoms with Gasteiger partial charge < -0.3 is 14.2 Å². The molecule has 2 fully saturated rings. The molecule has 2 aromatic rings. The lowest BCUT2D eigenvalue weighted by Gasteiger charge is -2.40. The van der Waals surface area contributed by atoms with E-state index in [-0.39, 0.29) is 17.9 Å². The molecule has 1 aromatic carbocycles. The number of aromatic nitrogens is 1. The lowest BCUT2D eigenvalue weighted by Crippen LogP contribution is -2.51. The van der Waals surface area contributed by atoms with Crippen molar-refractivity contribution in [3.05, 3.63) is 53.4 Å². The molecule has 2 aliphatic rings. The van der Waals surface area contributed by atoms with Gasteiger partial charge in [0.1, 0.15) is 5.76 Å². The Bertz CT molecular complexity index is 691. The van der Waals surface area contributed by atoms with Crippen molar-refractivity contribution in [3.63, 3.8) is 0 Å². The first kappa shape index (κ1) is 14.5. The van der Waals surface area contributed by atoms with Gasteiger partial charge in [0.05, 0.1) is 17.7 Å². The normalized spacial score (nSPS) is 24.7. The minimum absolute atomic E-state index is 0.0719. The highest BCUT2D eigenvalue weighted by molar-refractivity contribution is 5.81. The van der Waals surface area contributed by atoms with E-state index in [9.17, 15) is 4.79 Å². The second-order valence-electron chi connectivity index (χ2n) is 6.40. The Morgan fingerprint density at radius 1 is 1.26 bits per heavy atom. The molecule has 2 aliphatic heterocycles. The van der Waals surface area contributed by atoms with Gasteiger partial charge in [0.15, 0.2) is 0 Å². The summed E-state index contributed by atoms with van der Waals surface area (Å²) in [6.07, 6.45) is 0.680. The average Bonchev–Trinajstić information content (AvgIpc) is 3.16. The number of rotatable bonds is 3. The molecule has 0 bridgehead atoms. The second-order valence-corrected chi connectivity index (χ2v) is 6.40. The van der Waals surface area contributed by atoms with Gasteiger partial charge in [0, 0.05) is 31.7 Å². The van der Waals surface area contributed by atoms with Crippen LogP contribution in [0.2, 0.25) is 0 Å². The zero-order chi connectivity index (χ0) is 15.8. The molecule has 23 heavy (non-hydrogen) atoms. The van der Waals surface area contributed by atoms with E-state index in [4.69, 9.17) is 9.26 Å². The molecule has 1 amide bonds. The fraction of sp³-hybridized carbons (Fsp3) is 0.444. The summed E-state index contributed by atoms with van der Waals surface area (Å²) in [7, 11) is 0. The Morgan fingerprint density at radius 2 is 2.04 bits per heavy atom. The van der Waals surface area contributed by atoms with Crippen LogP contribution in [0.5, 0.6) is 0 Å². The van der Waals surface area contributed by atoms with Crippen molar-refractivity contribution in [1.82, 2.24) is 10.1 Å². The van der Waals surface area contributed by atoms with Crippen LogP contribution in [0, 0.1) is 12.8 Å². The number of carbonyl (C=O) groups excluding carboxylic acids is 1. The van der Waals surface area contributed by atoms with E-state index in [1.54, 1.807) is 0 Å². The molecule has 4 rings (SSSR count). The molecule has 0 N–H and O–H groups in total. The number of aryl methyl sites for hydroxylation is 1. The first-order valence-corrected chi connectivity index (χ1v) is 8.11. The van der Waals surface area contributed by atoms with Crippen LogP contribution >= 0.6 is 0 Å². The minimum Gasteiger partial charge on any atom is -0.373 e. The van der Waals surface area contributed by atoms with Gasteiger partial charge in [-0.15, -0.1) is 0 Å². The van der Waals surface area contributed by atoms with Crippen molar-refractivity contribution in [2.75, 3.05) is 19.7 Å². The highest BCUT2D eigenvalue weighted by Gasteiger charge is 2.42. The van der Waals surface area contributed by atoms with Gasteiger partial charge in [0.2, 0.25) is 5.91 Å². The van der Waals surface area contributed by atoms with Gasteiger partial charge in [-0.1, -0.05) is 35.5 Å². The summed E-state index contributed by atoms with van der Waals surface area (Å²) >= 11 is 0. The molecule has 0 spiro atoms. The van der Waals surface area contributed by atoms with Crippen molar-refractivity contribution >= 4 is 5.91 Å². The molecular formula is C18H20N2O3. The fourth-order valence-electron chi connectivity index (χ4n) is 3.47. The van der Waals surface area contributed by atoms with E-state index in [1.165, 1.54) is 0 Å². The Kier molecular flexibility index (Phi) is 3.65. The van der Waals surface area contributed by atoms with Crippen LogP contribution in [-0.4, -0.2) is 35.7 Å². The SMILES string of the molecule is Cc1cc(C2CN(C(=O)[C@@H]3CCO[C@H]3c3ccccc3)C2)no1. The van der Waals surface area contributed by atoms with E-state index >= 15 is 0 Å². The van der Waals surface area contributed by atoms with Crippen molar-refractivity contribution in [1.29, 1.82) is 0 Å². The van der Waals surface area contributed by atoms with Crippen LogP contribution < -0.4 is 0 Å². The molecule has 5 heteroatoms. The summed E-state index contributed by atoms with van der Waals surface area (Å²) in [5.74, 6) is 1.25. The van der Waals surface area contributed by atoms with Crippen molar-refractivity contribution in [2.45, 2.75) is 25.4 Å². The summed E-state index contributed by atoms with van der Waals surface area (Å²) < 4.78 is 10.9. The fourth-order valence-corrected chi connectivity index (χ4v) is 3.47. The molecule has 0 aliphatic carbocycles. The Labute approximate surface area is 135 Å². The van der Waals surface area contributed by atoms with Gasteiger partial charge in [-0.2, -0.15) is 0 Å². The zero-order valence-electron chi connectivity index (χ0n) is 13.1. The molecule has 1 aromatic heterocycles. The number of ether oxygens (including phenoxy) is 1. The van der Waals surface area contributed by atoms with Gasteiger partial charge in [-0.3, -0.25) is 4.79 Å². The van der Waals surface area contributed by atoms with Crippen molar-refractivity contribution in [2.24, 2.45) is 5.92 Å². The van der Waals surface area contributed by atoms with E-state index in [0.717, 1.165) is 36.5 Å². The number of amides is 1. The highest BCUT2D eigenvalue weighted by atomic mass is 16.5. The standard InChI is InChI=1S/C18H20N2O3/c1-12-9-16(19-23-12)14-10-20(11-14)18(21)15-7-8-22-17(15)13-5-3-2-4-6-13/h2-6,9,14-15,17H,7-8,10-11H2,1H3/t15-,17+/m1/s1. The lowest BCUT2D eigenvalue weighted by atomic mass is 9.90. The Balaban J connectivity index is 1.41. The molecule has 120 valence electrons. The lowest BCUT2D eigenvalue weighted by molar-refractivity contribution is -0.142. The number of hydrogen-bond acceptors (Lipinski definition) is 4. The number of benzene rings is 1. The molecule has 0 saturated carbocycles. The quantitative estimate of drug-likeness (QED) is 0.874. The molecule has 2 saturated heterocycles. The number of hydrogen-bond donors (Lipinski definition) is 0. The van der Waals surface area contributed by atoms with E-state index in [2.05, 4.69) is 5.16 Å². The topological polar surface area (TPSA) is 55.6 Å². The monoisotopic (exact) mass is 312 g/mol. The minimum atomic E-state index is -0.114. The summed E-state index contributed by atoms with van der Waals surface area (Å²) in [4.78, 5) is 14.7. The van der Waals surface area contributed by atoms with Gasteiger partial charge in [-0.05, 0) is 18.9 Å². The van der Waals surface area contributed by atoms with E-state index in [1.807, 2.05) is 48.2 Å². The van der Waals surface area contributed by atoms with Crippen LogP contribution in [0.3, 0.4) is 0 Å². The number of carbonyl (C=O) groups is 1. The largest absolute Gasteiger partial charge is 0.373 e. The van der Waals surface area contributed by atoms with Crippen LogP contribution in [0.15, 0.2) is 40.9 Å². The predicted molar refractivity (Wildman–Crippen MR) is 83.8 cm³/mol. The number of likely N-dealkylation sites (tertiary alicyclic amines) is 1. The molecule has 5 nitrogen and oxygen atoms in total. The summed E-state index contributed by atoms with van der Waals surface area (Å²) in [5, 5.41) is 4.05. The van der Waals surface area contributed by atoms with Crippen LogP contribution in [0.25, 0.3) is 0 Å². The molecule has 2 atom stereocenters. The predicted octanol–water partition coefficient (Wildman–Crippen LogP) is 2.69. The van der Waals surface area contributed by atoms with Crippen LogP contribution in [0.4, 0.5) is 0 Å². The van der Waals surface area contributed by atoms with E-state index in [0.29, 0.717) is 12.5 Å². The molecule has 3 heterocycles. The maximum atomic E-state index is 12.8. The Hall–Kier alpha value is -2.14. The third-order valence-corrected chi connectivity index (χ3v) is 4.79.